The van der Waals surface area contributed by atoms with Crippen molar-refractivity contribution in [2.45, 2.75) is 26.8 Å². The van der Waals surface area contributed by atoms with Crippen molar-refractivity contribution in [2.75, 3.05) is 26.7 Å². The molecule has 0 aliphatic rings. The first-order valence-electron chi connectivity index (χ1n) is 6.55. The molecule has 0 bridgehead atoms. The van der Waals surface area contributed by atoms with E-state index in [1.54, 1.807) is 11.3 Å². The Bertz CT molecular complexity index is 389. The van der Waals surface area contributed by atoms with Crippen molar-refractivity contribution < 1.29 is 4.79 Å². The van der Waals surface area contributed by atoms with Gasteiger partial charge >= 0.3 is 0 Å². The molecule has 0 aliphatic carbocycles. The van der Waals surface area contributed by atoms with Crippen LogP contribution in [0.3, 0.4) is 0 Å². The van der Waals surface area contributed by atoms with Crippen LogP contribution in [0.25, 0.3) is 0 Å². The zero-order chi connectivity index (χ0) is 14.5. The van der Waals surface area contributed by atoms with Crippen LogP contribution in [0.4, 0.5) is 0 Å². The summed E-state index contributed by atoms with van der Waals surface area (Å²) in [5.74, 6) is 0.0521. The fraction of sp³-hybridized carbons (Fsp3) is 0.643. The molecule has 0 fully saturated rings. The van der Waals surface area contributed by atoms with Gasteiger partial charge in [-0.15, -0.1) is 11.3 Å². The minimum absolute atomic E-state index is 0.0361. The van der Waals surface area contributed by atoms with Gasteiger partial charge in [-0.3, -0.25) is 9.69 Å². The average molecular weight is 283 g/mol. The van der Waals surface area contributed by atoms with Gasteiger partial charge in [0, 0.05) is 11.4 Å². The first-order chi connectivity index (χ1) is 8.84. The van der Waals surface area contributed by atoms with Gasteiger partial charge in [-0.05, 0) is 37.4 Å². The maximum atomic E-state index is 12.0. The minimum atomic E-state index is 0.0361. The maximum Gasteiger partial charge on any atom is 0.234 e. The molecule has 1 rings (SSSR count). The van der Waals surface area contributed by atoms with E-state index in [2.05, 4.69) is 19.2 Å². The number of nitrogens with one attached hydrogen (secondary N) is 1. The fourth-order valence-electron chi connectivity index (χ4n) is 1.99. The number of hydrogen-bond donors (Lipinski definition) is 2. The molecular formula is C14H25N3OS. The highest BCUT2D eigenvalue weighted by molar-refractivity contribution is 7.10. The van der Waals surface area contributed by atoms with E-state index in [1.807, 2.05) is 36.4 Å². The van der Waals surface area contributed by atoms with Crippen LogP contribution in [-0.2, 0) is 4.79 Å². The lowest BCUT2D eigenvalue weighted by molar-refractivity contribution is -0.122. The summed E-state index contributed by atoms with van der Waals surface area (Å²) in [4.78, 5) is 15.2. The first-order valence-corrected chi connectivity index (χ1v) is 7.43. The van der Waals surface area contributed by atoms with Crippen LogP contribution < -0.4 is 11.1 Å². The second kappa shape index (κ2) is 7.03. The molecule has 0 spiro atoms. The number of amides is 1. The van der Waals surface area contributed by atoms with Gasteiger partial charge in [0.05, 0.1) is 12.6 Å². The van der Waals surface area contributed by atoms with Crippen LogP contribution in [0.1, 0.15) is 31.7 Å². The highest BCUT2D eigenvalue weighted by Crippen LogP contribution is 2.18. The molecule has 1 heterocycles. The van der Waals surface area contributed by atoms with Gasteiger partial charge in [-0.1, -0.05) is 19.9 Å². The number of thiophene rings is 1. The molecule has 5 heteroatoms. The molecule has 0 aromatic carbocycles. The van der Waals surface area contributed by atoms with Crippen LogP contribution in [0.2, 0.25) is 0 Å². The summed E-state index contributed by atoms with van der Waals surface area (Å²) in [6, 6.07) is 4.11. The number of carbonyl (C=O) groups excluding carboxylic acids is 1. The van der Waals surface area contributed by atoms with Crippen molar-refractivity contribution in [3.05, 3.63) is 22.4 Å². The standard InChI is InChI=1S/C14H25N3OS/c1-11(12-6-5-7-19-12)16-13(18)8-17(4)10-14(2,3)9-15/h5-7,11H,8-10,15H2,1-4H3,(H,16,18). The van der Waals surface area contributed by atoms with Gasteiger partial charge in [0.25, 0.3) is 0 Å². The summed E-state index contributed by atoms with van der Waals surface area (Å²) < 4.78 is 0. The second-order valence-corrected chi connectivity index (χ2v) is 6.82. The van der Waals surface area contributed by atoms with E-state index < -0.39 is 0 Å². The molecule has 1 atom stereocenters. The molecule has 4 nitrogen and oxygen atoms in total. The zero-order valence-corrected chi connectivity index (χ0v) is 13.1. The Morgan fingerprint density at radius 2 is 2.26 bits per heavy atom. The summed E-state index contributed by atoms with van der Waals surface area (Å²) >= 11 is 1.66. The summed E-state index contributed by atoms with van der Waals surface area (Å²) in [5.41, 5.74) is 5.74. The highest BCUT2D eigenvalue weighted by atomic mass is 32.1. The largest absolute Gasteiger partial charge is 0.348 e. The van der Waals surface area contributed by atoms with Crippen molar-refractivity contribution in [3.63, 3.8) is 0 Å². The SMILES string of the molecule is CC(NC(=O)CN(C)CC(C)(C)CN)c1cccs1. The third kappa shape index (κ3) is 5.72. The average Bonchev–Trinajstić information content (AvgIpc) is 2.81. The second-order valence-electron chi connectivity index (χ2n) is 5.85. The van der Waals surface area contributed by atoms with E-state index in [4.69, 9.17) is 5.73 Å². The molecule has 3 N–H and O–H groups in total. The molecule has 19 heavy (non-hydrogen) atoms. The van der Waals surface area contributed by atoms with Crippen LogP contribution in [0, 0.1) is 5.41 Å². The topological polar surface area (TPSA) is 58.4 Å². The third-order valence-corrected chi connectivity index (χ3v) is 4.07. The Kier molecular flexibility index (Phi) is 5.97. The van der Waals surface area contributed by atoms with E-state index in [1.165, 1.54) is 4.88 Å². The van der Waals surface area contributed by atoms with Gasteiger partial charge in [0.1, 0.15) is 0 Å². The van der Waals surface area contributed by atoms with E-state index in [0.29, 0.717) is 13.1 Å². The Morgan fingerprint density at radius 3 is 2.79 bits per heavy atom. The van der Waals surface area contributed by atoms with Gasteiger partial charge < -0.3 is 11.1 Å². The van der Waals surface area contributed by atoms with E-state index >= 15 is 0 Å². The minimum Gasteiger partial charge on any atom is -0.348 e. The van der Waals surface area contributed by atoms with Crippen molar-refractivity contribution in [3.8, 4) is 0 Å². The Morgan fingerprint density at radius 1 is 1.58 bits per heavy atom. The smallest absolute Gasteiger partial charge is 0.234 e. The molecule has 0 radical (unpaired) electrons. The van der Waals surface area contributed by atoms with Crippen molar-refractivity contribution in [1.29, 1.82) is 0 Å². The predicted molar refractivity (Wildman–Crippen MR) is 81.2 cm³/mol. The molecule has 108 valence electrons. The van der Waals surface area contributed by atoms with Crippen LogP contribution in [0.5, 0.6) is 0 Å². The molecule has 1 unspecified atom stereocenters. The Labute approximate surface area is 120 Å². The normalized spacial score (nSPS) is 13.6. The van der Waals surface area contributed by atoms with Crippen molar-refractivity contribution >= 4 is 17.2 Å². The molecule has 0 saturated heterocycles. The predicted octanol–water partition coefficient (Wildman–Crippen LogP) is 1.84. The highest BCUT2D eigenvalue weighted by Gasteiger charge is 2.20. The fourth-order valence-corrected chi connectivity index (χ4v) is 2.73. The van der Waals surface area contributed by atoms with E-state index in [-0.39, 0.29) is 17.4 Å². The van der Waals surface area contributed by atoms with Gasteiger partial charge in [0.2, 0.25) is 5.91 Å². The lowest BCUT2D eigenvalue weighted by Crippen LogP contribution is -2.42. The van der Waals surface area contributed by atoms with Crippen LogP contribution in [0.15, 0.2) is 17.5 Å². The molecule has 0 aliphatic heterocycles. The van der Waals surface area contributed by atoms with Crippen molar-refractivity contribution in [1.82, 2.24) is 10.2 Å². The Balaban J connectivity index is 2.39. The number of hydrogen-bond acceptors (Lipinski definition) is 4. The lowest BCUT2D eigenvalue weighted by Gasteiger charge is -2.28. The van der Waals surface area contributed by atoms with Crippen molar-refractivity contribution in [2.24, 2.45) is 11.1 Å². The number of rotatable bonds is 7. The third-order valence-electron chi connectivity index (χ3n) is 3.01. The first kappa shape index (κ1) is 16.1. The monoisotopic (exact) mass is 283 g/mol. The summed E-state index contributed by atoms with van der Waals surface area (Å²) in [5, 5.41) is 5.04. The lowest BCUT2D eigenvalue weighted by atomic mass is 9.93. The van der Waals surface area contributed by atoms with Crippen LogP contribution >= 0.6 is 11.3 Å². The number of nitrogens with two attached hydrogens (primary N) is 1. The number of likely N-dealkylation sites (N-methyl/N-ethyl adjacent to an activating group) is 1. The summed E-state index contributed by atoms with van der Waals surface area (Å²) in [7, 11) is 1.95. The summed E-state index contributed by atoms with van der Waals surface area (Å²) in [6.07, 6.45) is 0. The van der Waals surface area contributed by atoms with E-state index in [0.717, 1.165) is 6.54 Å². The molecule has 1 aromatic rings. The van der Waals surface area contributed by atoms with Crippen LogP contribution in [-0.4, -0.2) is 37.5 Å². The molecule has 1 aromatic heterocycles. The maximum absolute atomic E-state index is 12.0. The number of carbonyl (C=O) groups is 1. The molecule has 1 amide bonds. The molecular weight excluding hydrogens is 258 g/mol. The quantitative estimate of drug-likeness (QED) is 0.803. The molecule has 0 saturated carbocycles. The van der Waals surface area contributed by atoms with Gasteiger partial charge in [0.15, 0.2) is 0 Å². The zero-order valence-electron chi connectivity index (χ0n) is 12.3. The van der Waals surface area contributed by atoms with E-state index in [9.17, 15) is 4.79 Å². The summed E-state index contributed by atoms with van der Waals surface area (Å²) in [6.45, 7) is 8.05. The number of nitrogens with zero attached hydrogens (tertiary/aromatic N) is 1. The van der Waals surface area contributed by atoms with Gasteiger partial charge in [-0.25, -0.2) is 0 Å². The van der Waals surface area contributed by atoms with Gasteiger partial charge in [-0.2, -0.15) is 0 Å². The Hall–Kier alpha value is -0.910.